The Bertz CT molecular complexity index is 776. The normalized spacial score (nSPS) is 12.2. The van der Waals surface area contributed by atoms with Gasteiger partial charge >= 0.3 is 0 Å². The maximum atomic E-state index is 12.4. The van der Waals surface area contributed by atoms with Crippen LogP contribution in [0, 0.1) is 0 Å². The summed E-state index contributed by atoms with van der Waals surface area (Å²) in [5.74, 6) is 0.0595. The molecule has 1 aromatic rings. The van der Waals surface area contributed by atoms with Crippen molar-refractivity contribution in [3.05, 3.63) is 24.3 Å². The molecule has 0 bridgehead atoms. The zero-order valence-electron chi connectivity index (χ0n) is 18.7. The summed E-state index contributed by atoms with van der Waals surface area (Å²) in [6.07, 6.45) is 13.4. The highest BCUT2D eigenvalue weighted by Crippen LogP contribution is 2.16. The molecule has 0 saturated carbocycles. The molecule has 0 aliphatic carbocycles. The van der Waals surface area contributed by atoms with E-state index in [9.17, 15) is 16.8 Å². The lowest BCUT2D eigenvalue weighted by molar-refractivity contribution is 0.549. The molecule has 0 radical (unpaired) electrons. The van der Waals surface area contributed by atoms with E-state index in [4.69, 9.17) is 0 Å². The Hall–Kier alpha value is -1.12. The molecule has 0 spiro atoms. The first-order valence-corrected chi connectivity index (χ1v) is 14.5. The number of benzene rings is 1. The van der Waals surface area contributed by atoms with Crippen molar-refractivity contribution in [2.45, 2.75) is 95.8 Å². The van der Waals surface area contributed by atoms with Crippen LogP contribution in [-0.4, -0.2) is 29.1 Å². The smallest absolute Gasteiger partial charge is 0.240 e. The number of rotatable bonds is 18. The van der Waals surface area contributed by atoms with Gasteiger partial charge in [-0.15, -0.1) is 0 Å². The first-order chi connectivity index (χ1) is 14.3. The molecule has 0 aromatic heterocycles. The Balaban J connectivity index is 2.29. The zero-order chi connectivity index (χ0) is 22.3. The van der Waals surface area contributed by atoms with Gasteiger partial charge < -0.3 is 0 Å². The van der Waals surface area contributed by atoms with Crippen LogP contribution in [0.2, 0.25) is 0 Å². The van der Waals surface area contributed by atoms with Crippen LogP contribution in [0.15, 0.2) is 29.2 Å². The van der Waals surface area contributed by atoms with E-state index in [2.05, 4.69) is 16.4 Å². The van der Waals surface area contributed by atoms with E-state index in [0.717, 1.165) is 25.7 Å². The summed E-state index contributed by atoms with van der Waals surface area (Å²) in [5, 5.41) is 0. The zero-order valence-corrected chi connectivity index (χ0v) is 20.3. The fourth-order valence-corrected chi connectivity index (χ4v) is 5.51. The number of anilines is 1. The van der Waals surface area contributed by atoms with Crippen molar-refractivity contribution in [2.75, 3.05) is 17.0 Å². The van der Waals surface area contributed by atoms with Crippen LogP contribution in [0.3, 0.4) is 0 Å². The second-order valence-electron chi connectivity index (χ2n) is 7.88. The Labute approximate surface area is 184 Å². The molecule has 30 heavy (non-hydrogen) atoms. The first kappa shape index (κ1) is 26.9. The molecule has 2 N–H and O–H groups in total. The molecular formula is C22H40N2O4S2. The van der Waals surface area contributed by atoms with Crippen LogP contribution in [-0.2, 0) is 20.0 Å². The van der Waals surface area contributed by atoms with Crippen LogP contribution in [0.5, 0.6) is 0 Å². The van der Waals surface area contributed by atoms with Crippen LogP contribution in [0.1, 0.15) is 90.9 Å². The lowest BCUT2D eigenvalue weighted by atomic mass is 10.1. The quantitative estimate of drug-likeness (QED) is 0.286. The average Bonchev–Trinajstić information content (AvgIpc) is 2.70. The Kier molecular flexibility index (Phi) is 13.3. The molecule has 8 heteroatoms. The molecule has 0 unspecified atom stereocenters. The van der Waals surface area contributed by atoms with E-state index in [-0.39, 0.29) is 10.6 Å². The molecule has 1 rings (SSSR count). The van der Waals surface area contributed by atoms with Crippen LogP contribution in [0.4, 0.5) is 5.69 Å². The van der Waals surface area contributed by atoms with E-state index >= 15 is 0 Å². The summed E-state index contributed by atoms with van der Waals surface area (Å²) in [5.41, 5.74) is 0.375. The van der Waals surface area contributed by atoms with Gasteiger partial charge in [0.1, 0.15) is 0 Å². The van der Waals surface area contributed by atoms with Crippen LogP contribution < -0.4 is 9.44 Å². The van der Waals surface area contributed by atoms with Crippen molar-refractivity contribution >= 4 is 25.7 Å². The molecule has 6 nitrogen and oxygen atoms in total. The van der Waals surface area contributed by atoms with Crippen molar-refractivity contribution in [1.82, 2.24) is 4.72 Å². The van der Waals surface area contributed by atoms with Gasteiger partial charge in [-0.05, 0) is 37.1 Å². The van der Waals surface area contributed by atoms with Crippen molar-refractivity contribution in [3.63, 3.8) is 0 Å². The van der Waals surface area contributed by atoms with Crippen molar-refractivity contribution < 1.29 is 16.8 Å². The van der Waals surface area contributed by atoms with Crippen LogP contribution in [0.25, 0.3) is 0 Å². The summed E-state index contributed by atoms with van der Waals surface area (Å²) < 4.78 is 53.7. The predicted molar refractivity (Wildman–Crippen MR) is 126 cm³/mol. The van der Waals surface area contributed by atoms with Gasteiger partial charge in [0.15, 0.2) is 0 Å². The number of sulfonamides is 2. The maximum Gasteiger partial charge on any atom is 0.240 e. The molecule has 174 valence electrons. The average molecular weight is 461 g/mol. The summed E-state index contributed by atoms with van der Waals surface area (Å²) in [4.78, 5) is 0.145. The number of nitrogens with one attached hydrogen (secondary N) is 2. The molecule has 1 aromatic carbocycles. The molecule has 0 aliphatic rings. The van der Waals surface area contributed by atoms with E-state index in [1.165, 1.54) is 69.2 Å². The minimum absolute atomic E-state index is 0.0595. The fourth-order valence-electron chi connectivity index (χ4n) is 3.17. The van der Waals surface area contributed by atoms with E-state index in [1.54, 1.807) is 0 Å². The molecular weight excluding hydrogens is 420 g/mol. The van der Waals surface area contributed by atoms with Gasteiger partial charge in [0, 0.05) is 12.2 Å². The minimum atomic E-state index is -3.57. The Morgan fingerprint density at radius 1 is 0.667 bits per heavy atom. The van der Waals surface area contributed by atoms with Gasteiger partial charge in [0.05, 0.1) is 10.6 Å². The fraction of sp³-hybridized carbons (Fsp3) is 0.727. The van der Waals surface area contributed by atoms with E-state index in [0.29, 0.717) is 18.7 Å². The van der Waals surface area contributed by atoms with Gasteiger partial charge in [0.2, 0.25) is 20.0 Å². The van der Waals surface area contributed by atoms with Gasteiger partial charge in [-0.1, -0.05) is 78.1 Å². The molecule has 0 atom stereocenters. The van der Waals surface area contributed by atoms with Crippen LogP contribution >= 0.6 is 0 Å². The second kappa shape index (κ2) is 14.8. The maximum absolute atomic E-state index is 12.4. The highest BCUT2D eigenvalue weighted by atomic mass is 32.2. The first-order valence-electron chi connectivity index (χ1n) is 11.4. The molecule has 0 saturated heterocycles. The Morgan fingerprint density at radius 3 is 1.70 bits per heavy atom. The second-order valence-corrected chi connectivity index (χ2v) is 11.5. The van der Waals surface area contributed by atoms with Gasteiger partial charge in [-0.3, -0.25) is 4.72 Å². The third-order valence-corrected chi connectivity index (χ3v) is 7.88. The third kappa shape index (κ3) is 11.9. The number of hydrogen-bond acceptors (Lipinski definition) is 4. The highest BCUT2D eigenvalue weighted by Gasteiger charge is 2.14. The van der Waals surface area contributed by atoms with Gasteiger partial charge in [0.25, 0.3) is 0 Å². The van der Waals surface area contributed by atoms with Crippen molar-refractivity contribution in [1.29, 1.82) is 0 Å². The summed E-state index contributed by atoms with van der Waals surface area (Å²) in [7, 11) is -6.97. The van der Waals surface area contributed by atoms with Gasteiger partial charge in [-0.2, -0.15) is 0 Å². The van der Waals surface area contributed by atoms with E-state index < -0.39 is 20.0 Å². The highest BCUT2D eigenvalue weighted by molar-refractivity contribution is 7.92. The SMILES string of the molecule is CCCCCCCCCCCCNS(=O)(=O)c1ccc(NS(=O)(=O)CCCC)cc1. The lowest BCUT2D eigenvalue weighted by Gasteiger charge is -2.10. The minimum Gasteiger partial charge on any atom is -0.284 e. The molecule has 0 aliphatic heterocycles. The topological polar surface area (TPSA) is 92.3 Å². The molecule has 0 heterocycles. The van der Waals surface area contributed by atoms with Crippen molar-refractivity contribution in [2.24, 2.45) is 0 Å². The molecule has 0 fully saturated rings. The Morgan fingerprint density at radius 2 is 1.17 bits per heavy atom. The van der Waals surface area contributed by atoms with Crippen molar-refractivity contribution in [3.8, 4) is 0 Å². The largest absolute Gasteiger partial charge is 0.284 e. The van der Waals surface area contributed by atoms with E-state index in [1.807, 2.05) is 6.92 Å². The number of unbranched alkanes of at least 4 members (excludes halogenated alkanes) is 10. The number of hydrogen-bond donors (Lipinski definition) is 2. The summed E-state index contributed by atoms with van der Waals surface area (Å²) in [6.45, 7) is 4.57. The lowest BCUT2D eigenvalue weighted by Crippen LogP contribution is -2.24. The predicted octanol–water partition coefficient (Wildman–Crippen LogP) is 5.43. The molecule has 0 amide bonds. The third-order valence-electron chi connectivity index (χ3n) is 5.03. The monoisotopic (exact) mass is 460 g/mol. The van der Waals surface area contributed by atoms with Gasteiger partial charge in [-0.25, -0.2) is 21.6 Å². The summed E-state index contributed by atoms with van der Waals surface area (Å²) in [6, 6.07) is 5.83. The standard InChI is InChI=1S/C22H40N2O4S2/c1-3-5-7-8-9-10-11-12-13-14-19-23-30(27,28)22-17-15-21(16-18-22)24-29(25,26)20-6-4-2/h15-18,23-24H,3-14,19-20H2,1-2H3. The summed E-state index contributed by atoms with van der Waals surface area (Å²) >= 11 is 0.